The highest BCUT2D eigenvalue weighted by molar-refractivity contribution is 7.99. The molecule has 19 heavy (non-hydrogen) atoms. The van der Waals surface area contributed by atoms with E-state index in [0.29, 0.717) is 0 Å². The molecule has 96 valence electrons. The summed E-state index contributed by atoms with van der Waals surface area (Å²) < 4.78 is 0. The van der Waals surface area contributed by atoms with E-state index in [4.69, 9.17) is 0 Å². The van der Waals surface area contributed by atoms with Crippen molar-refractivity contribution in [3.8, 4) is 0 Å². The summed E-state index contributed by atoms with van der Waals surface area (Å²) in [6, 6.07) is 18.0. The Bertz CT molecular complexity index is 556. The van der Waals surface area contributed by atoms with E-state index >= 15 is 0 Å². The Morgan fingerprint density at radius 2 is 1.74 bits per heavy atom. The summed E-state index contributed by atoms with van der Waals surface area (Å²) in [4.78, 5) is 12.3. The Kier molecular flexibility index (Phi) is 4.99. The topological polar surface area (TPSA) is 17.1 Å². The van der Waals surface area contributed by atoms with Gasteiger partial charge in [-0.2, -0.15) is 0 Å². The van der Waals surface area contributed by atoms with Gasteiger partial charge in [-0.25, -0.2) is 0 Å². The van der Waals surface area contributed by atoms with Crippen LogP contribution in [0.1, 0.15) is 22.8 Å². The molecule has 0 atom stereocenters. The molecule has 0 fully saturated rings. The zero-order valence-corrected chi connectivity index (χ0v) is 11.7. The van der Waals surface area contributed by atoms with Gasteiger partial charge in [0.1, 0.15) is 0 Å². The molecule has 0 aliphatic carbocycles. The van der Waals surface area contributed by atoms with Gasteiger partial charge in [-0.3, -0.25) is 4.79 Å². The predicted molar refractivity (Wildman–Crippen MR) is 82.6 cm³/mol. The van der Waals surface area contributed by atoms with E-state index in [9.17, 15) is 4.79 Å². The summed E-state index contributed by atoms with van der Waals surface area (Å²) in [5, 5.41) is 0. The zero-order chi connectivity index (χ0) is 13.5. The van der Waals surface area contributed by atoms with Crippen molar-refractivity contribution in [2.45, 2.75) is 11.8 Å². The third-order valence-electron chi connectivity index (χ3n) is 2.72. The van der Waals surface area contributed by atoms with Gasteiger partial charge in [-0.1, -0.05) is 54.6 Å². The van der Waals surface area contributed by atoms with Crippen LogP contribution >= 0.6 is 11.8 Å². The standard InChI is InChI=1S/C17H16OS/c1-14(18)16-9-11-17(12-10-16)19-13-5-8-15-6-3-2-4-7-15/h2-12H,13H2,1H3. The Morgan fingerprint density at radius 3 is 2.37 bits per heavy atom. The maximum atomic E-state index is 11.2. The molecule has 0 N–H and O–H groups in total. The number of hydrogen-bond acceptors (Lipinski definition) is 2. The van der Waals surface area contributed by atoms with Crippen molar-refractivity contribution in [2.75, 3.05) is 5.75 Å². The van der Waals surface area contributed by atoms with Crippen LogP contribution in [0, 0.1) is 0 Å². The first kappa shape index (κ1) is 13.6. The van der Waals surface area contributed by atoms with Crippen molar-refractivity contribution < 1.29 is 4.79 Å². The first-order valence-electron chi connectivity index (χ1n) is 6.21. The number of carbonyl (C=O) groups excluding carboxylic acids is 1. The van der Waals surface area contributed by atoms with E-state index in [1.807, 2.05) is 42.5 Å². The van der Waals surface area contributed by atoms with Crippen LogP contribution < -0.4 is 0 Å². The van der Waals surface area contributed by atoms with Crippen LogP contribution in [0.4, 0.5) is 0 Å². The van der Waals surface area contributed by atoms with Crippen LogP contribution in [0.15, 0.2) is 65.6 Å². The van der Waals surface area contributed by atoms with Crippen molar-refractivity contribution in [3.05, 3.63) is 71.8 Å². The molecule has 1 nitrogen and oxygen atoms in total. The Morgan fingerprint density at radius 1 is 1.05 bits per heavy atom. The largest absolute Gasteiger partial charge is 0.295 e. The second-order valence-electron chi connectivity index (χ2n) is 4.20. The molecular weight excluding hydrogens is 252 g/mol. The molecule has 0 aliphatic rings. The van der Waals surface area contributed by atoms with Crippen molar-refractivity contribution in [1.82, 2.24) is 0 Å². The van der Waals surface area contributed by atoms with Gasteiger partial charge in [0.2, 0.25) is 0 Å². The van der Waals surface area contributed by atoms with E-state index in [0.717, 1.165) is 11.3 Å². The third-order valence-corrected chi connectivity index (χ3v) is 3.68. The molecule has 0 aromatic heterocycles. The molecule has 0 amide bonds. The fourth-order valence-electron chi connectivity index (χ4n) is 1.68. The van der Waals surface area contributed by atoms with E-state index in [1.165, 1.54) is 10.5 Å². The lowest BCUT2D eigenvalue weighted by Gasteiger charge is -2.00. The Hall–Kier alpha value is -1.80. The molecule has 0 aliphatic heterocycles. The highest BCUT2D eigenvalue weighted by Crippen LogP contribution is 2.19. The van der Waals surface area contributed by atoms with Gasteiger partial charge in [0, 0.05) is 16.2 Å². The van der Waals surface area contributed by atoms with Gasteiger partial charge in [0.05, 0.1) is 0 Å². The average molecular weight is 268 g/mol. The second-order valence-corrected chi connectivity index (χ2v) is 5.30. The highest BCUT2D eigenvalue weighted by atomic mass is 32.2. The minimum Gasteiger partial charge on any atom is -0.295 e. The van der Waals surface area contributed by atoms with Crippen molar-refractivity contribution in [3.63, 3.8) is 0 Å². The number of benzene rings is 2. The van der Waals surface area contributed by atoms with Crippen LogP contribution in [0.25, 0.3) is 6.08 Å². The molecule has 2 aromatic rings. The normalized spacial score (nSPS) is 10.8. The lowest BCUT2D eigenvalue weighted by molar-refractivity contribution is 0.101. The number of ketones is 1. The Balaban J connectivity index is 1.86. The maximum Gasteiger partial charge on any atom is 0.159 e. The average Bonchev–Trinajstić information content (AvgIpc) is 2.45. The summed E-state index contributed by atoms with van der Waals surface area (Å²) in [5.74, 6) is 1.04. The van der Waals surface area contributed by atoms with E-state index < -0.39 is 0 Å². The van der Waals surface area contributed by atoms with E-state index in [2.05, 4.69) is 24.3 Å². The molecule has 0 unspecified atom stereocenters. The first-order chi connectivity index (χ1) is 9.25. The van der Waals surface area contributed by atoms with Gasteiger partial charge in [-0.05, 0) is 24.6 Å². The van der Waals surface area contributed by atoms with Gasteiger partial charge in [0.25, 0.3) is 0 Å². The summed E-state index contributed by atoms with van der Waals surface area (Å²) in [5.41, 5.74) is 1.99. The second kappa shape index (κ2) is 6.95. The molecule has 0 heterocycles. The van der Waals surface area contributed by atoms with Crippen LogP contribution in [0.5, 0.6) is 0 Å². The van der Waals surface area contributed by atoms with Gasteiger partial charge < -0.3 is 0 Å². The predicted octanol–water partition coefficient (Wildman–Crippen LogP) is 4.69. The summed E-state index contributed by atoms with van der Waals surface area (Å²) in [6.07, 6.45) is 4.27. The molecule has 0 saturated carbocycles. The fraction of sp³-hybridized carbons (Fsp3) is 0.118. The van der Waals surface area contributed by atoms with Gasteiger partial charge in [0.15, 0.2) is 5.78 Å². The number of carbonyl (C=O) groups is 1. The lowest BCUT2D eigenvalue weighted by atomic mass is 10.2. The Labute approximate surface area is 118 Å². The maximum absolute atomic E-state index is 11.2. The molecule has 0 saturated heterocycles. The quantitative estimate of drug-likeness (QED) is 0.578. The molecule has 2 rings (SSSR count). The number of Topliss-reactive ketones (excluding diaryl/α,β-unsaturated/α-hetero) is 1. The molecule has 0 radical (unpaired) electrons. The summed E-state index contributed by atoms with van der Waals surface area (Å²) >= 11 is 1.76. The van der Waals surface area contributed by atoms with Crippen molar-refractivity contribution in [2.24, 2.45) is 0 Å². The van der Waals surface area contributed by atoms with Crippen molar-refractivity contribution >= 4 is 23.6 Å². The number of hydrogen-bond donors (Lipinski definition) is 0. The van der Waals surface area contributed by atoms with Crippen LogP contribution in [0.2, 0.25) is 0 Å². The highest BCUT2D eigenvalue weighted by Gasteiger charge is 1.98. The summed E-state index contributed by atoms with van der Waals surface area (Å²) in [7, 11) is 0. The van der Waals surface area contributed by atoms with Gasteiger partial charge in [-0.15, -0.1) is 11.8 Å². The minimum atomic E-state index is 0.112. The lowest BCUT2D eigenvalue weighted by Crippen LogP contribution is -1.90. The molecule has 2 aromatic carbocycles. The summed E-state index contributed by atoms with van der Waals surface area (Å²) in [6.45, 7) is 1.59. The molecule has 2 heteroatoms. The molecule has 0 bridgehead atoms. The fourth-order valence-corrected chi connectivity index (χ4v) is 2.39. The minimum absolute atomic E-state index is 0.112. The number of thioether (sulfide) groups is 1. The van der Waals surface area contributed by atoms with Crippen molar-refractivity contribution in [1.29, 1.82) is 0 Å². The van der Waals surface area contributed by atoms with E-state index in [-0.39, 0.29) is 5.78 Å². The monoisotopic (exact) mass is 268 g/mol. The first-order valence-corrected chi connectivity index (χ1v) is 7.19. The van der Waals surface area contributed by atoms with E-state index in [1.54, 1.807) is 18.7 Å². The SMILES string of the molecule is CC(=O)c1ccc(SCC=Cc2ccccc2)cc1. The van der Waals surface area contributed by atoms with Crippen LogP contribution in [-0.2, 0) is 0 Å². The molecule has 0 spiro atoms. The smallest absolute Gasteiger partial charge is 0.159 e. The zero-order valence-electron chi connectivity index (χ0n) is 10.9. The molecular formula is C17H16OS. The van der Waals surface area contributed by atoms with Gasteiger partial charge >= 0.3 is 0 Å². The van der Waals surface area contributed by atoms with Crippen LogP contribution in [0.3, 0.4) is 0 Å². The third kappa shape index (κ3) is 4.42. The number of rotatable bonds is 5. The van der Waals surface area contributed by atoms with Crippen LogP contribution in [-0.4, -0.2) is 11.5 Å².